The van der Waals surface area contributed by atoms with Gasteiger partial charge in [0.2, 0.25) is 0 Å². The van der Waals surface area contributed by atoms with Gasteiger partial charge in [-0.1, -0.05) is 19.4 Å². The molecule has 2 fully saturated rings. The SMILES string of the molecule is CCOC1CC(Nc2cc(CC)nc(-c3ccccn3)n2)C12CCC2. The number of pyridine rings is 1. The molecule has 132 valence electrons. The maximum atomic E-state index is 5.96. The summed E-state index contributed by atoms with van der Waals surface area (Å²) in [5.41, 5.74) is 2.18. The molecule has 2 aliphatic rings. The van der Waals surface area contributed by atoms with Crippen molar-refractivity contribution in [1.82, 2.24) is 15.0 Å². The summed E-state index contributed by atoms with van der Waals surface area (Å²) in [6, 6.07) is 8.37. The van der Waals surface area contributed by atoms with Gasteiger partial charge in [0.05, 0.1) is 6.10 Å². The van der Waals surface area contributed by atoms with Crippen LogP contribution in [0, 0.1) is 5.41 Å². The summed E-state index contributed by atoms with van der Waals surface area (Å²) in [5.74, 6) is 1.62. The third-order valence-corrected chi connectivity index (χ3v) is 5.79. The van der Waals surface area contributed by atoms with Crippen LogP contribution < -0.4 is 5.32 Å². The molecule has 5 nitrogen and oxygen atoms in total. The largest absolute Gasteiger partial charge is 0.378 e. The molecule has 0 aromatic carbocycles. The zero-order valence-electron chi connectivity index (χ0n) is 15.0. The number of rotatable bonds is 6. The molecule has 4 rings (SSSR count). The predicted molar refractivity (Wildman–Crippen MR) is 98.4 cm³/mol. The second-order valence-corrected chi connectivity index (χ2v) is 7.10. The van der Waals surface area contributed by atoms with Gasteiger partial charge in [0.1, 0.15) is 11.5 Å². The molecule has 2 unspecified atom stereocenters. The van der Waals surface area contributed by atoms with E-state index in [4.69, 9.17) is 9.72 Å². The molecule has 25 heavy (non-hydrogen) atoms. The molecule has 0 bridgehead atoms. The smallest absolute Gasteiger partial charge is 0.180 e. The normalized spacial score (nSPS) is 23.8. The van der Waals surface area contributed by atoms with Gasteiger partial charge < -0.3 is 10.1 Å². The van der Waals surface area contributed by atoms with Gasteiger partial charge in [-0.25, -0.2) is 9.97 Å². The minimum atomic E-state index is 0.318. The van der Waals surface area contributed by atoms with Crippen LogP contribution in [0.5, 0.6) is 0 Å². The lowest BCUT2D eigenvalue weighted by Crippen LogP contribution is -2.64. The average Bonchev–Trinajstić information content (AvgIpc) is 2.60. The molecule has 0 saturated heterocycles. The number of nitrogens with zero attached hydrogens (tertiary/aromatic N) is 3. The fraction of sp³-hybridized carbons (Fsp3) is 0.550. The molecular formula is C20H26N4O. The van der Waals surface area contributed by atoms with Gasteiger partial charge in [-0.15, -0.1) is 0 Å². The summed E-state index contributed by atoms with van der Waals surface area (Å²) in [5, 5.41) is 3.69. The van der Waals surface area contributed by atoms with Crippen LogP contribution in [0.15, 0.2) is 30.5 Å². The zero-order chi connectivity index (χ0) is 17.3. The Hall–Kier alpha value is -2.01. The highest BCUT2D eigenvalue weighted by Crippen LogP contribution is 2.58. The van der Waals surface area contributed by atoms with Crippen molar-refractivity contribution in [2.24, 2.45) is 5.41 Å². The molecule has 2 atom stereocenters. The molecule has 1 N–H and O–H groups in total. The van der Waals surface area contributed by atoms with Crippen molar-refractivity contribution < 1.29 is 4.74 Å². The molecule has 2 aromatic rings. The Morgan fingerprint density at radius 3 is 2.76 bits per heavy atom. The summed E-state index contributed by atoms with van der Waals surface area (Å²) in [6.07, 6.45) is 7.97. The molecule has 0 aliphatic heterocycles. The number of hydrogen-bond donors (Lipinski definition) is 1. The number of anilines is 1. The van der Waals surface area contributed by atoms with E-state index in [-0.39, 0.29) is 0 Å². The van der Waals surface area contributed by atoms with E-state index in [9.17, 15) is 0 Å². The lowest BCUT2D eigenvalue weighted by atomic mass is 9.51. The Balaban J connectivity index is 1.57. The lowest BCUT2D eigenvalue weighted by Gasteiger charge is -2.61. The summed E-state index contributed by atoms with van der Waals surface area (Å²) in [7, 11) is 0. The standard InChI is InChI=1S/C20H26N4O/c1-3-14-12-18(24-19(22-14)15-8-5-6-11-21-15)23-16-13-17(25-4-2)20(16)9-7-10-20/h5-6,8,11-12,16-17H,3-4,7,9-10,13H2,1-2H3,(H,22,23,24). The molecule has 2 aromatic heterocycles. The second-order valence-electron chi connectivity index (χ2n) is 7.10. The first-order chi connectivity index (χ1) is 12.2. The third-order valence-electron chi connectivity index (χ3n) is 5.79. The highest BCUT2D eigenvalue weighted by Gasteiger charge is 2.59. The van der Waals surface area contributed by atoms with Crippen LogP contribution in [-0.2, 0) is 11.2 Å². The summed E-state index contributed by atoms with van der Waals surface area (Å²) >= 11 is 0. The maximum absolute atomic E-state index is 5.96. The maximum Gasteiger partial charge on any atom is 0.180 e. The van der Waals surface area contributed by atoms with E-state index in [0.29, 0.717) is 23.4 Å². The van der Waals surface area contributed by atoms with Crippen molar-refractivity contribution in [2.45, 2.75) is 58.1 Å². The van der Waals surface area contributed by atoms with E-state index in [1.165, 1.54) is 19.3 Å². The minimum absolute atomic E-state index is 0.318. The average molecular weight is 338 g/mol. The fourth-order valence-electron chi connectivity index (χ4n) is 4.18. The Morgan fingerprint density at radius 2 is 2.12 bits per heavy atom. The van der Waals surface area contributed by atoms with Crippen molar-refractivity contribution in [2.75, 3.05) is 11.9 Å². The minimum Gasteiger partial charge on any atom is -0.378 e. The Labute approximate surface area is 149 Å². The van der Waals surface area contributed by atoms with Gasteiger partial charge in [0.25, 0.3) is 0 Å². The van der Waals surface area contributed by atoms with Crippen molar-refractivity contribution >= 4 is 5.82 Å². The predicted octanol–water partition coefficient (Wildman–Crippen LogP) is 3.86. The first-order valence-corrected chi connectivity index (χ1v) is 9.42. The van der Waals surface area contributed by atoms with E-state index in [1.807, 2.05) is 18.2 Å². The van der Waals surface area contributed by atoms with Crippen molar-refractivity contribution in [3.05, 3.63) is 36.2 Å². The summed E-state index contributed by atoms with van der Waals surface area (Å²) in [6.45, 7) is 5.01. The number of aryl methyl sites for hydroxylation is 1. The van der Waals surface area contributed by atoms with E-state index in [2.05, 4.69) is 35.2 Å². The lowest BCUT2D eigenvalue weighted by molar-refractivity contribution is -0.157. The molecule has 1 spiro atoms. The molecular weight excluding hydrogens is 312 g/mol. The molecule has 5 heteroatoms. The number of nitrogens with one attached hydrogen (secondary N) is 1. The Morgan fingerprint density at radius 1 is 1.24 bits per heavy atom. The van der Waals surface area contributed by atoms with Gasteiger partial charge in [-0.2, -0.15) is 0 Å². The van der Waals surface area contributed by atoms with Crippen molar-refractivity contribution in [3.8, 4) is 11.5 Å². The van der Waals surface area contributed by atoms with Crippen molar-refractivity contribution in [3.63, 3.8) is 0 Å². The van der Waals surface area contributed by atoms with E-state index >= 15 is 0 Å². The Bertz CT molecular complexity index is 730. The Kier molecular flexibility index (Phi) is 4.42. The summed E-state index contributed by atoms with van der Waals surface area (Å²) in [4.78, 5) is 13.8. The van der Waals surface area contributed by atoms with Gasteiger partial charge in [0.15, 0.2) is 5.82 Å². The van der Waals surface area contributed by atoms with Gasteiger partial charge in [0, 0.05) is 36.0 Å². The molecule has 0 radical (unpaired) electrons. The van der Waals surface area contributed by atoms with E-state index in [0.717, 1.165) is 36.7 Å². The molecule has 2 saturated carbocycles. The summed E-state index contributed by atoms with van der Waals surface area (Å²) < 4.78 is 5.96. The quantitative estimate of drug-likeness (QED) is 0.866. The van der Waals surface area contributed by atoms with Gasteiger partial charge >= 0.3 is 0 Å². The highest BCUT2D eigenvalue weighted by molar-refractivity contribution is 5.53. The number of ether oxygens (including phenoxy) is 1. The van der Waals surface area contributed by atoms with E-state index in [1.54, 1.807) is 6.20 Å². The third kappa shape index (κ3) is 2.91. The fourth-order valence-corrected chi connectivity index (χ4v) is 4.18. The molecule has 2 aliphatic carbocycles. The van der Waals surface area contributed by atoms with Gasteiger partial charge in [-0.05, 0) is 44.7 Å². The van der Waals surface area contributed by atoms with Crippen LogP contribution in [0.1, 0.15) is 45.2 Å². The molecule has 2 heterocycles. The topological polar surface area (TPSA) is 59.9 Å². The highest BCUT2D eigenvalue weighted by atomic mass is 16.5. The first kappa shape index (κ1) is 16.5. The van der Waals surface area contributed by atoms with Crippen LogP contribution >= 0.6 is 0 Å². The number of aromatic nitrogens is 3. The van der Waals surface area contributed by atoms with Crippen molar-refractivity contribution in [1.29, 1.82) is 0 Å². The van der Waals surface area contributed by atoms with Crippen LogP contribution in [0.25, 0.3) is 11.5 Å². The van der Waals surface area contributed by atoms with E-state index < -0.39 is 0 Å². The molecule has 0 amide bonds. The van der Waals surface area contributed by atoms with Gasteiger partial charge in [-0.3, -0.25) is 4.98 Å². The van der Waals surface area contributed by atoms with Crippen LogP contribution in [0.2, 0.25) is 0 Å². The van der Waals surface area contributed by atoms with Crippen LogP contribution in [0.4, 0.5) is 5.82 Å². The first-order valence-electron chi connectivity index (χ1n) is 9.42. The zero-order valence-corrected chi connectivity index (χ0v) is 15.0. The van der Waals surface area contributed by atoms with Crippen LogP contribution in [0.3, 0.4) is 0 Å². The second kappa shape index (κ2) is 6.71. The van der Waals surface area contributed by atoms with Crippen LogP contribution in [-0.4, -0.2) is 33.7 Å². The number of hydrogen-bond acceptors (Lipinski definition) is 5. The monoisotopic (exact) mass is 338 g/mol.